The lowest BCUT2D eigenvalue weighted by molar-refractivity contribution is 0.0853. The Bertz CT molecular complexity index is 419. The van der Waals surface area contributed by atoms with Gasteiger partial charge in [-0.1, -0.05) is 6.92 Å². The Morgan fingerprint density at radius 3 is 3.21 bits per heavy atom. The molecular formula is C13H20N4O2. The van der Waals surface area contributed by atoms with E-state index in [0.29, 0.717) is 18.2 Å². The summed E-state index contributed by atoms with van der Waals surface area (Å²) in [7, 11) is 0. The van der Waals surface area contributed by atoms with E-state index in [1.165, 1.54) is 0 Å². The molecule has 0 aliphatic carbocycles. The van der Waals surface area contributed by atoms with Gasteiger partial charge in [0.15, 0.2) is 0 Å². The Morgan fingerprint density at radius 1 is 1.58 bits per heavy atom. The van der Waals surface area contributed by atoms with Gasteiger partial charge in [0.05, 0.1) is 6.10 Å². The van der Waals surface area contributed by atoms with E-state index in [9.17, 15) is 4.79 Å². The predicted molar refractivity (Wildman–Crippen MR) is 72.1 cm³/mol. The van der Waals surface area contributed by atoms with Crippen LogP contribution in [0.15, 0.2) is 12.3 Å². The van der Waals surface area contributed by atoms with Crippen molar-refractivity contribution in [1.29, 1.82) is 0 Å². The first-order valence-electron chi connectivity index (χ1n) is 6.76. The Labute approximate surface area is 113 Å². The predicted octanol–water partition coefficient (Wildman–Crippen LogP) is 1.21. The standard InChI is InChI=1S/C13H20N4O2/c1-2-6-14-13-15-7-5-11(17-13)12(18)16-9-10-4-3-8-19-10/h5,7,10H,2-4,6,8-9H2,1H3,(H,16,18)(H,14,15,17). The van der Waals surface area contributed by atoms with Gasteiger partial charge in [0.2, 0.25) is 5.95 Å². The molecule has 1 unspecified atom stereocenters. The maximum absolute atomic E-state index is 11.9. The second-order valence-corrected chi connectivity index (χ2v) is 4.54. The van der Waals surface area contributed by atoms with Crippen LogP contribution in [0.25, 0.3) is 0 Å². The Balaban J connectivity index is 1.86. The average Bonchev–Trinajstić information content (AvgIpc) is 2.96. The van der Waals surface area contributed by atoms with Crippen molar-refractivity contribution in [3.63, 3.8) is 0 Å². The van der Waals surface area contributed by atoms with E-state index >= 15 is 0 Å². The van der Waals surface area contributed by atoms with Gasteiger partial charge in [-0.2, -0.15) is 0 Å². The molecule has 104 valence electrons. The number of hydrogen-bond donors (Lipinski definition) is 2. The van der Waals surface area contributed by atoms with Crippen molar-refractivity contribution in [3.05, 3.63) is 18.0 Å². The highest BCUT2D eigenvalue weighted by Crippen LogP contribution is 2.10. The number of rotatable bonds is 6. The fraction of sp³-hybridized carbons (Fsp3) is 0.615. The molecule has 1 aliphatic rings. The molecule has 1 atom stereocenters. The number of nitrogens with zero attached hydrogens (tertiary/aromatic N) is 2. The number of hydrogen-bond acceptors (Lipinski definition) is 5. The first kappa shape index (κ1) is 13.7. The largest absolute Gasteiger partial charge is 0.376 e. The summed E-state index contributed by atoms with van der Waals surface area (Å²) in [5.74, 6) is 0.309. The van der Waals surface area contributed by atoms with Crippen molar-refractivity contribution < 1.29 is 9.53 Å². The van der Waals surface area contributed by atoms with Gasteiger partial charge in [-0.25, -0.2) is 9.97 Å². The van der Waals surface area contributed by atoms with Gasteiger partial charge in [-0.15, -0.1) is 0 Å². The van der Waals surface area contributed by atoms with Crippen LogP contribution in [0, 0.1) is 0 Å². The van der Waals surface area contributed by atoms with Crippen molar-refractivity contribution in [2.75, 3.05) is 25.0 Å². The summed E-state index contributed by atoms with van der Waals surface area (Å²) in [6.45, 7) is 4.19. The summed E-state index contributed by atoms with van der Waals surface area (Å²) >= 11 is 0. The fourth-order valence-electron chi connectivity index (χ4n) is 1.91. The Hall–Kier alpha value is -1.69. The molecule has 2 rings (SSSR count). The van der Waals surface area contributed by atoms with Crippen LogP contribution in [0.5, 0.6) is 0 Å². The van der Waals surface area contributed by atoms with Crippen molar-refractivity contribution in [3.8, 4) is 0 Å². The van der Waals surface area contributed by atoms with Crippen molar-refractivity contribution in [2.24, 2.45) is 0 Å². The van der Waals surface area contributed by atoms with Gasteiger partial charge in [0, 0.05) is 25.9 Å². The lowest BCUT2D eigenvalue weighted by Gasteiger charge is -2.10. The first-order valence-corrected chi connectivity index (χ1v) is 6.76. The minimum absolute atomic E-state index is 0.142. The molecule has 6 nitrogen and oxygen atoms in total. The van der Waals surface area contributed by atoms with Crippen molar-refractivity contribution in [1.82, 2.24) is 15.3 Å². The fourth-order valence-corrected chi connectivity index (χ4v) is 1.91. The number of aromatic nitrogens is 2. The molecular weight excluding hydrogens is 244 g/mol. The van der Waals surface area contributed by atoms with Gasteiger partial charge >= 0.3 is 0 Å². The molecule has 1 amide bonds. The third kappa shape index (κ3) is 4.17. The maximum Gasteiger partial charge on any atom is 0.270 e. The van der Waals surface area contributed by atoms with Crippen LogP contribution in [0.3, 0.4) is 0 Å². The second kappa shape index (κ2) is 7.04. The number of amides is 1. The molecule has 1 aromatic heterocycles. The van der Waals surface area contributed by atoms with E-state index in [2.05, 4.69) is 27.5 Å². The van der Waals surface area contributed by atoms with E-state index in [1.807, 2.05) is 0 Å². The first-order chi connectivity index (χ1) is 9.29. The van der Waals surface area contributed by atoms with Crippen LogP contribution < -0.4 is 10.6 Å². The highest BCUT2D eigenvalue weighted by molar-refractivity contribution is 5.92. The zero-order chi connectivity index (χ0) is 13.5. The number of carbonyl (C=O) groups excluding carboxylic acids is 1. The molecule has 1 fully saturated rings. The highest BCUT2D eigenvalue weighted by atomic mass is 16.5. The molecule has 1 saturated heterocycles. The minimum Gasteiger partial charge on any atom is -0.376 e. The Morgan fingerprint density at radius 2 is 2.47 bits per heavy atom. The molecule has 19 heavy (non-hydrogen) atoms. The number of ether oxygens (including phenoxy) is 1. The van der Waals surface area contributed by atoms with E-state index < -0.39 is 0 Å². The summed E-state index contributed by atoms with van der Waals surface area (Å²) in [5.41, 5.74) is 0.381. The average molecular weight is 264 g/mol. The van der Waals surface area contributed by atoms with Gasteiger partial charge < -0.3 is 15.4 Å². The zero-order valence-corrected chi connectivity index (χ0v) is 11.2. The van der Waals surface area contributed by atoms with Crippen LogP contribution >= 0.6 is 0 Å². The van der Waals surface area contributed by atoms with Gasteiger partial charge in [0.25, 0.3) is 5.91 Å². The lowest BCUT2D eigenvalue weighted by atomic mass is 10.2. The third-order valence-corrected chi connectivity index (χ3v) is 2.94. The molecule has 0 saturated carbocycles. The van der Waals surface area contributed by atoms with Gasteiger partial charge in [-0.05, 0) is 25.3 Å². The quantitative estimate of drug-likeness (QED) is 0.807. The molecule has 6 heteroatoms. The molecule has 0 aromatic carbocycles. The second-order valence-electron chi connectivity index (χ2n) is 4.54. The SMILES string of the molecule is CCCNc1nccc(C(=O)NCC2CCCO2)n1. The summed E-state index contributed by atoms with van der Waals surface area (Å²) in [6, 6.07) is 1.61. The molecule has 1 aromatic rings. The van der Waals surface area contributed by atoms with Crippen LogP contribution in [-0.4, -0.2) is 41.7 Å². The topological polar surface area (TPSA) is 76.1 Å². The van der Waals surface area contributed by atoms with Crippen molar-refractivity contribution >= 4 is 11.9 Å². The van der Waals surface area contributed by atoms with E-state index in [1.54, 1.807) is 12.3 Å². The smallest absolute Gasteiger partial charge is 0.270 e. The normalized spacial score (nSPS) is 18.3. The van der Waals surface area contributed by atoms with Crippen LogP contribution in [0.4, 0.5) is 5.95 Å². The molecule has 1 aliphatic heterocycles. The molecule has 2 N–H and O–H groups in total. The lowest BCUT2D eigenvalue weighted by Crippen LogP contribution is -2.32. The monoisotopic (exact) mass is 264 g/mol. The molecule has 0 spiro atoms. The maximum atomic E-state index is 11.9. The Kier molecular flexibility index (Phi) is 5.09. The van der Waals surface area contributed by atoms with E-state index in [4.69, 9.17) is 4.74 Å². The number of anilines is 1. The summed E-state index contributed by atoms with van der Waals surface area (Å²) in [4.78, 5) is 20.2. The summed E-state index contributed by atoms with van der Waals surface area (Å²) < 4.78 is 5.46. The summed E-state index contributed by atoms with van der Waals surface area (Å²) in [5, 5.41) is 5.90. The molecule has 0 radical (unpaired) electrons. The minimum atomic E-state index is -0.183. The number of carbonyl (C=O) groups is 1. The zero-order valence-electron chi connectivity index (χ0n) is 11.2. The van der Waals surface area contributed by atoms with Crippen LogP contribution in [0.2, 0.25) is 0 Å². The van der Waals surface area contributed by atoms with Crippen LogP contribution in [0.1, 0.15) is 36.7 Å². The molecule has 2 heterocycles. The van der Waals surface area contributed by atoms with E-state index in [0.717, 1.165) is 32.4 Å². The van der Waals surface area contributed by atoms with Crippen molar-refractivity contribution in [2.45, 2.75) is 32.3 Å². The van der Waals surface area contributed by atoms with E-state index in [-0.39, 0.29) is 12.0 Å². The van der Waals surface area contributed by atoms with Gasteiger partial charge in [0.1, 0.15) is 5.69 Å². The highest BCUT2D eigenvalue weighted by Gasteiger charge is 2.17. The van der Waals surface area contributed by atoms with Crippen LogP contribution in [-0.2, 0) is 4.74 Å². The van der Waals surface area contributed by atoms with Gasteiger partial charge in [-0.3, -0.25) is 4.79 Å². The summed E-state index contributed by atoms with van der Waals surface area (Å²) in [6.07, 6.45) is 4.79. The third-order valence-electron chi connectivity index (χ3n) is 2.94. The molecule has 0 bridgehead atoms. The number of nitrogens with one attached hydrogen (secondary N) is 2.